The van der Waals surface area contributed by atoms with Crippen molar-refractivity contribution in [3.8, 4) is 11.3 Å². The molecule has 0 aliphatic carbocycles. The lowest BCUT2D eigenvalue weighted by Gasteiger charge is -2.32. The van der Waals surface area contributed by atoms with Gasteiger partial charge >= 0.3 is 0 Å². The van der Waals surface area contributed by atoms with Crippen LogP contribution in [-0.4, -0.2) is 64.1 Å². The summed E-state index contributed by atoms with van der Waals surface area (Å²) in [5.41, 5.74) is 5.36. The molecule has 1 atom stereocenters. The van der Waals surface area contributed by atoms with E-state index in [-0.39, 0.29) is 17.3 Å². The molecule has 1 unspecified atom stereocenters. The van der Waals surface area contributed by atoms with Crippen molar-refractivity contribution in [3.05, 3.63) is 106 Å². The van der Waals surface area contributed by atoms with Crippen molar-refractivity contribution >= 4 is 34.9 Å². The molecule has 0 radical (unpaired) electrons. The van der Waals surface area contributed by atoms with Gasteiger partial charge < -0.3 is 15.1 Å². The molecule has 9 heteroatoms. The van der Waals surface area contributed by atoms with E-state index in [1.165, 1.54) is 6.07 Å². The molecule has 208 valence electrons. The van der Waals surface area contributed by atoms with Gasteiger partial charge in [0.25, 0.3) is 5.91 Å². The van der Waals surface area contributed by atoms with Crippen LogP contribution < -0.4 is 5.32 Å². The van der Waals surface area contributed by atoms with Crippen LogP contribution in [0, 0.1) is 5.82 Å². The normalized spacial score (nSPS) is 18.0. The SMILES string of the molecule is CN(C)C1(C)CCN(C(=O)c2ccc(Nc3ncc4c(n3)-c3ccc(Cl)cc3C(c3ccccc3F)=NC4)cc2)C1. The molecule has 2 aliphatic heterocycles. The topological polar surface area (TPSA) is 73.7 Å². The summed E-state index contributed by atoms with van der Waals surface area (Å²) in [4.78, 5) is 31.3. The van der Waals surface area contributed by atoms with Gasteiger partial charge in [0.15, 0.2) is 0 Å². The minimum Gasteiger partial charge on any atom is -0.337 e. The third-order valence-corrected chi connectivity index (χ3v) is 8.33. The number of likely N-dealkylation sites (tertiary alicyclic amines) is 1. The maximum absolute atomic E-state index is 14.8. The fourth-order valence-corrected chi connectivity index (χ4v) is 5.53. The minimum absolute atomic E-state index is 0.00909. The van der Waals surface area contributed by atoms with Gasteiger partial charge in [-0.25, -0.2) is 14.4 Å². The Morgan fingerprint density at radius 1 is 1.05 bits per heavy atom. The van der Waals surface area contributed by atoms with Crippen LogP contribution in [0.4, 0.5) is 16.0 Å². The molecular weight excluding hydrogens is 539 g/mol. The number of carbonyl (C=O) groups excluding carboxylic acids is 1. The van der Waals surface area contributed by atoms with Gasteiger partial charge in [-0.15, -0.1) is 0 Å². The van der Waals surface area contributed by atoms with E-state index in [4.69, 9.17) is 21.6 Å². The number of likely N-dealkylation sites (N-methyl/N-ethyl adjacent to an activating group) is 1. The molecule has 1 saturated heterocycles. The summed E-state index contributed by atoms with van der Waals surface area (Å²) in [6.45, 7) is 3.93. The first-order chi connectivity index (χ1) is 19.7. The number of aliphatic imine (C=N–C) groups is 1. The van der Waals surface area contributed by atoms with Gasteiger partial charge in [-0.05, 0) is 76.0 Å². The third kappa shape index (κ3) is 5.21. The molecule has 1 amide bonds. The zero-order valence-electron chi connectivity index (χ0n) is 23.2. The molecule has 1 N–H and O–H groups in total. The molecule has 41 heavy (non-hydrogen) atoms. The van der Waals surface area contributed by atoms with Gasteiger partial charge in [0.2, 0.25) is 5.95 Å². The number of fused-ring (bicyclic) bond motifs is 3. The van der Waals surface area contributed by atoms with Gasteiger partial charge in [0.1, 0.15) is 5.82 Å². The monoisotopic (exact) mass is 568 g/mol. The first-order valence-corrected chi connectivity index (χ1v) is 13.9. The predicted molar refractivity (Wildman–Crippen MR) is 161 cm³/mol. The van der Waals surface area contributed by atoms with Crippen LogP contribution >= 0.6 is 11.6 Å². The smallest absolute Gasteiger partial charge is 0.253 e. The summed E-state index contributed by atoms with van der Waals surface area (Å²) in [7, 11) is 4.11. The third-order valence-electron chi connectivity index (χ3n) is 8.10. The Bertz CT molecular complexity index is 1670. The Kier molecular flexibility index (Phi) is 7.05. The van der Waals surface area contributed by atoms with E-state index < -0.39 is 0 Å². The van der Waals surface area contributed by atoms with E-state index in [9.17, 15) is 9.18 Å². The molecular formula is C32H30ClFN6O. The highest BCUT2D eigenvalue weighted by molar-refractivity contribution is 6.31. The predicted octanol–water partition coefficient (Wildman–Crippen LogP) is 6.20. The zero-order chi connectivity index (χ0) is 28.7. The van der Waals surface area contributed by atoms with Crippen molar-refractivity contribution in [3.63, 3.8) is 0 Å². The number of carbonyl (C=O) groups is 1. The molecule has 4 aromatic rings. The average Bonchev–Trinajstić information content (AvgIpc) is 3.31. The molecule has 1 aromatic heterocycles. The van der Waals surface area contributed by atoms with Crippen molar-refractivity contribution in [1.82, 2.24) is 19.8 Å². The number of hydrogen-bond acceptors (Lipinski definition) is 6. The molecule has 6 rings (SSSR count). The van der Waals surface area contributed by atoms with Gasteiger partial charge in [0.05, 0.1) is 18.0 Å². The number of halogens is 2. The van der Waals surface area contributed by atoms with Gasteiger partial charge in [-0.3, -0.25) is 9.79 Å². The van der Waals surface area contributed by atoms with Crippen molar-refractivity contribution < 1.29 is 9.18 Å². The second-order valence-corrected chi connectivity index (χ2v) is 11.4. The quantitative estimate of drug-likeness (QED) is 0.310. The van der Waals surface area contributed by atoms with E-state index in [0.29, 0.717) is 52.2 Å². The van der Waals surface area contributed by atoms with Gasteiger partial charge in [-0.2, -0.15) is 0 Å². The number of nitrogens with zero attached hydrogens (tertiary/aromatic N) is 5. The Balaban J connectivity index is 1.25. The minimum atomic E-state index is -0.352. The van der Waals surface area contributed by atoms with Crippen LogP contribution in [0.3, 0.4) is 0 Å². The van der Waals surface area contributed by atoms with Crippen LogP contribution in [0.25, 0.3) is 11.3 Å². The van der Waals surface area contributed by atoms with E-state index in [2.05, 4.69) is 36.2 Å². The van der Waals surface area contributed by atoms with Crippen LogP contribution in [0.5, 0.6) is 0 Å². The van der Waals surface area contributed by atoms with E-state index >= 15 is 0 Å². The molecule has 0 bridgehead atoms. The molecule has 0 spiro atoms. The van der Waals surface area contributed by atoms with Crippen LogP contribution in [0.1, 0.15) is 40.4 Å². The Hall–Kier alpha value is -4.14. The summed E-state index contributed by atoms with van der Waals surface area (Å²) >= 11 is 6.37. The molecule has 3 aromatic carbocycles. The summed E-state index contributed by atoms with van der Waals surface area (Å²) in [6, 6.07) is 19.4. The molecule has 1 fully saturated rings. The maximum Gasteiger partial charge on any atom is 0.253 e. The van der Waals surface area contributed by atoms with Gasteiger partial charge in [0, 0.05) is 63.4 Å². The Morgan fingerprint density at radius 3 is 2.56 bits per heavy atom. The van der Waals surface area contributed by atoms with Crippen LogP contribution in [-0.2, 0) is 6.54 Å². The largest absolute Gasteiger partial charge is 0.337 e. The van der Waals surface area contributed by atoms with E-state index in [1.807, 2.05) is 35.2 Å². The Morgan fingerprint density at radius 2 is 1.83 bits per heavy atom. The molecule has 0 saturated carbocycles. The van der Waals surface area contributed by atoms with E-state index in [0.717, 1.165) is 29.8 Å². The first-order valence-electron chi connectivity index (χ1n) is 13.5. The Labute approximate surface area is 243 Å². The van der Waals surface area contributed by atoms with Crippen LogP contribution in [0.15, 0.2) is 77.9 Å². The van der Waals surface area contributed by atoms with Crippen molar-refractivity contribution in [1.29, 1.82) is 0 Å². The highest BCUT2D eigenvalue weighted by Gasteiger charge is 2.37. The first kappa shape index (κ1) is 27.1. The fourth-order valence-electron chi connectivity index (χ4n) is 5.36. The number of aromatic nitrogens is 2. The summed E-state index contributed by atoms with van der Waals surface area (Å²) in [5.74, 6) is 0.0821. The second kappa shape index (κ2) is 10.7. The maximum atomic E-state index is 14.8. The average molecular weight is 569 g/mol. The molecule has 2 aliphatic rings. The fraction of sp³-hybridized carbons (Fsp3) is 0.250. The number of hydrogen-bond donors (Lipinski definition) is 1. The summed E-state index contributed by atoms with van der Waals surface area (Å²) < 4.78 is 14.8. The van der Waals surface area contributed by atoms with Gasteiger partial charge in [-0.1, -0.05) is 29.8 Å². The highest BCUT2D eigenvalue weighted by atomic mass is 35.5. The number of nitrogens with one attached hydrogen (secondary N) is 1. The number of benzene rings is 3. The lowest BCUT2D eigenvalue weighted by molar-refractivity contribution is 0.0760. The summed E-state index contributed by atoms with van der Waals surface area (Å²) in [5, 5.41) is 3.78. The standard InChI is InChI=1S/C32H30ClFN6O/c1-32(39(2)3)14-15-40(19-32)30(41)20-8-11-23(12-9-20)37-31-36-18-21-17-35-29(25-6-4-5-7-27(25)34)26-16-22(33)10-13-24(26)28(21)38-31/h4-13,16,18H,14-15,17,19H2,1-3H3,(H,36,37,38). The number of amides is 1. The lowest BCUT2D eigenvalue weighted by atomic mass is 9.95. The number of anilines is 2. The number of rotatable bonds is 5. The zero-order valence-corrected chi connectivity index (χ0v) is 23.9. The second-order valence-electron chi connectivity index (χ2n) is 11.0. The van der Waals surface area contributed by atoms with Crippen molar-refractivity contribution in [2.45, 2.75) is 25.4 Å². The highest BCUT2D eigenvalue weighted by Crippen LogP contribution is 2.34. The van der Waals surface area contributed by atoms with Crippen molar-refractivity contribution in [2.75, 3.05) is 32.5 Å². The van der Waals surface area contributed by atoms with Crippen molar-refractivity contribution in [2.24, 2.45) is 4.99 Å². The molecule has 3 heterocycles. The lowest BCUT2D eigenvalue weighted by Crippen LogP contribution is -2.44. The molecule has 7 nitrogen and oxygen atoms in total. The van der Waals surface area contributed by atoms with Crippen LogP contribution in [0.2, 0.25) is 5.02 Å². The van der Waals surface area contributed by atoms with E-state index in [1.54, 1.807) is 36.5 Å². The summed E-state index contributed by atoms with van der Waals surface area (Å²) in [6.07, 6.45) is 2.69.